The van der Waals surface area contributed by atoms with E-state index in [2.05, 4.69) is 41.0 Å². The Labute approximate surface area is 113 Å². The number of rotatable bonds is 5. The van der Waals surface area contributed by atoms with Crippen LogP contribution in [0.1, 0.15) is 31.0 Å². The monoisotopic (exact) mass is 261 g/mol. The van der Waals surface area contributed by atoms with Crippen molar-refractivity contribution in [3.8, 4) is 0 Å². The topological polar surface area (TPSA) is 29.9 Å². The van der Waals surface area contributed by atoms with E-state index in [1.54, 1.807) is 6.20 Å². The number of halogens is 1. The summed E-state index contributed by atoms with van der Waals surface area (Å²) in [4.78, 5) is 3.87. The van der Waals surface area contributed by atoms with Gasteiger partial charge in [0.15, 0.2) is 0 Å². The zero-order valence-electron chi connectivity index (χ0n) is 11.6. The molecule has 0 aliphatic rings. The lowest BCUT2D eigenvalue weighted by molar-refractivity contribution is 0.442. The molecular formula is C15H20FN3. The van der Waals surface area contributed by atoms with Gasteiger partial charge in [-0.05, 0) is 36.2 Å². The van der Waals surface area contributed by atoms with Crippen molar-refractivity contribution in [1.82, 2.24) is 14.9 Å². The lowest BCUT2D eigenvalue weighted by atomic mass is 9.99. The van der Waals surface area contributed by atoms with Gasteiger partial charge >= 0.3 is 0 Å². The van der Waals surface area contributed by atoms with Crippen LogP contribution in [0.5, 0.6) is 0 Å². The Kier molecular flexibility index (Phi) is 4.32. The molecule has 0 amide bonds. The Morgan fingerprint density at radius 1 is 1.37 bits per heavy atom. The van der Waals surface area contributed by atoms with E-state index >= 15 is 0 Å². The normalized spacial score (nSPS) is 12.9. The fourth-order valence-electron chi connectivity index (χ4n) is 2.38. The highest BCUT2D eigenvalue weighted by molar-refractivity contribution is 5.18. The minimum atomic E-state index is -0.292. The van der Waals surface area contributed by atoms with Crippen LogP contribution in [0.4, 0.5) is 4.39 Å². The predicted molar refractivity (Wildman–Crippen MR) is 74.4 cm³/mol. The lowest BCUT2D eigenvalue weighted by Gasteiger charge is -2.18. The van der Waals surface area contributed by atoms with Crippen LogP contribution in [0.2, 0.25) is 0 Å². The first-order chi connectivity index (χ1) is 9.10. The maximum atomic E-state index is 13.1. The van der Waals surface area contributed by atoms with E-state index in [1.807, 2.05) is 13.2 Å². The summed E-state index contributed by atoms with van der Waals surface area (Å²) in [6.45, 7) is 5.02. The van der Waals surface area contributed by atoms with E-state index in [0.717, 1.165) is 5.56 Å². The molecule has 1 atom stereocenters. The molecule has 0 spiro atoms. The van der Waals surface area contributed by atoms with Crippen LogP contribution in [0.25, 0.3) is 0 Å². The zero-order chi connectivity index (χ0) is 13.8. The summed E-state index contributed by atoms with van der Waals surface area (Å²) >= 11 is 0. The van der Waals surface area contributed by atoms with Crippen molar-refractivity contribution in [3.63, 3.8) is 0 Å². The van der Waals surface area contributed by atoms with Crippen molar-refractivity contribution in [1.29, 1.82) is 0 Å². The number of hydrogen-bond donors (Lipinski definition) is 1. The smallest absolute Gasteiger partial charge is 0.141 e. The third kappa shape index (κ3) is 3.41. The molecule has 0 aliphatic heterocycles. The molecule has 2 aromatic heterocycles. The number of pyridine rings is 1. The second kappa shape index (κ2) is 5.97. The molecule has 102 valence electrons. The molecule has 2 rings (SSSR count). The first kappa shape index (κ1) is 13.7. The number of aromatic nitrogens is 2. The van der Waals surface area contributed by atoms with E-state index < -0.39 is 0 Å². The summed E-state index contributed by atoms with van der Waals surface area (Å²) in [7, 11) is 1.97. The Morgan fingerprint density at radius 2 is 2.16 bits per heavy atom. The summed E-state index contributed by atoms with van der Waals surface area (Å²) < 4.78 is 15.1. The second-order valence-electron chi connectivity index (χ2n) is 5.14. The van der Waals surface area contributed by atoms with Gasteiger partial charge < -0.3 is 9.88 Å². The molecule has 0 saturated heterocycles. The minimum Gasteiger partial charge on any atom is -0.350 e. The van der Waals surface area contributed by atoms with Crippen molar-refractivity contribution in [2.45, 2.75) is 26.4 Å². The molecule has 3 nitrogen and oxygen atoms in total. The van der Waals surface area contributed by atoms with Gasteiger partial charge in [-0.15, -0.1) is 0 Å². The predicted octanol–water partition coefficient (Wildman–Crippen LogP) is 2.99. The van der Waals surface area contributed by atoms with Crippen molar-refractivity contribution < 1.29 is 4.39 Å². The summed E-state index contributed by atoms with van der Waals surface area (Å²) in [6, 6.07) is 3.96. The van der Waals surface area contributed by atoms with Gasteiger partial charge in [-0.25, -0.2) is 4.39 Å². The summed E-state index contributed by atoms with van der Waals surface area (Å²) in [5.41, 5.74) is 2.12. The quantitative estimate of drug-likeness (QED) is 0.896. The zero-order valence-corrected chi connectivity index (χ0v) is 11.6. The molecule has 0 fully saturated rings. The average Bonchev–Trinajstić information content (AvgIpc) is 2.78. The van der Waals surface area contributed by atoms with Crippen LogP contribution in [0.3, 0.4) is 0 Å². The van der Waals surface area contributed by atoms with Gasteiger partial charge in [0.05, 0.1) is 6.20 Å². The maximum absolute atomic E-state index is 13.1. The van der Waals surface area contributed by atoms with Crippen LogP contribution in [0, 0.1) is 11.7 Å². The van der Waals surface area contributed by atoms with E-state index in [0.29, 0.717) is 18.5 Å². The molecule has 0 saturated carbocycles. The molecule has 2 aromatic rings. The molecule has 19 heavy (non-hydrogen) atoms. The molecule has 0 radical (unpaired) electrons. The average molecular weight is 261 g/mol. The van der Waals surface area contributed by atoms with Crippen LogP contribution < -0.4 is 5.32 Å². The molecule has 0 bridgehead atoms. The van der Waals surface area contributed by atoms with Crippen molar-refractivity contribution in [3.05, 3.63) is 53.9 Å². The van der Waals surface area contributed by atoms with Gasteiger partial charge in [-0.1, -0.05) is 13.8 Å². The van der Waals surface area contributed by atoms with Gasteiger partial charge in [-0.2, -0.15) is 0 Å². The summed E-state index contributed by atoms with van der Waals surface area (Å²) in [6.07, 6.45) is 7.04. The van der Waals surface area contributed by atoms with Gasteiger partial charge in [0.2, 0.25) is 0 Å². The first-order valence-electron chi connectivity index (χ1n) is 6.52. The van der Waals surface area contributed by atoms with Crippen molar-refractivity contribution >= 4 is 0 Å². The third-order valence-electron chi connectivity index (χ3n) is 3.24. The highest BCUT2D eigenvalue weighted by Gasteiger charge is 2.14. The van der Waals surface area contributed by atoms with E-state index in [4.69, 9.17) is 0 Å². The van der Waals surface area contributed by atoms with Gasteiger partial charge in [-0.3, -0.25) is 4.98 Å². The van der Waals surface area contributed by atoms with Crippen molar-refractivity contribution in [2.24, 2.45) is 5.92 Å². The molecule has 1 N–H and O–H groups in total. The van der Waals surface area contributed by atoms with Crippen LogP contribution in [-0.2, 0) is 6.54 Å². The standard InChI is InChI=1S/C15H20FN3/c1-11(2)15(17-3)13-4-5-19(10-13)9-12-6-14(16)8-18-7-12/h4-8,10-11,15,17H,9H2,1-3H3. The summed E-state index contributed by atoms with van der Waals surface area (Å²) in [5, 5.41) is 3.32. The molecule has 1 unspecified atom stereocenters. The second-order valence-corrected chi connectivity index (χ2v) is 5.14. The van der Waals surface area contributed by atoms with Gasteiger partial charge in [0.25, 0.3) is 0 Å². The highest BCUT2D eigenvalue weighted by atomic mass is 19.1. The number of hydrogen-bond acceptors (Lipinski definition) is 2. The molecular weight excluding hydrogens is 241 g/mol. The Morgan fingerprint density at radius 3 is 2.79 bits per heavy atom. The molecule has 0 aromatic carbocycles. The minimum absolute atomic E-state index is 0.292. The van der Waals surface area contributed by atoms with Gasteiger partial charge in [0, 0.05) is 31.2 Å². The Bertz CT molecular complexity index is 534. The highest BCUT2D eigenvalue weighted by Crippen LogP contribution is 2.21. The Hall–Kier alpha value is -1.68. The van der Waals surface area contributed by atoms with Crippen LogP contribution >= 0.6 is 0 Å². The van der Waals surface area contributed by atoms with E-state index in [9.17, 15) is 4.39 Å². The molecule has 4 heteroatoms. The number of nitrogens with one attached hydrogen (secondary N) is 1. The third-order valence-corrected chi connectivity index (χ3v) is 3.24. The first-order valence-corrected chi connectivity index (χ1v) is 6.52. The summed E-state index contributed by atoms with van der Waals surface area (Å²) in [5.74, 6) is 0.233. The maximum Gasteiger partial charge on any atom is 0.141 e. The fourth-order valence-corrected chi connectivity index (χ4v) is 2.38. The van der Waals surface area contributed by atoms with E-state index in [-0.39, 0.29) is 5.82 Å². The number of nitrogens with zero attached hydrogens (tertiary/aromatic N) is 2. The van der Waals surface area contributed by atoms with Crippen LogP contribution in [-0.4, -0.2) is 16.6 Å². The van der Waals surface area contributed by atoms with Crippen LogP contribution in [0.15, 0.2) is 36.9 Å². The van der Waals surface area contributed by atoms with E-state index in [1.165, 1.54) is 17.8 Å². The fraction of sp³-hybridized carbons (Fsp3) is 0.400. The largest absolute Gasteiger partial charge is 0.350 e. The lowest BCUT2D eigenvalue weighted by Crippen LogP contribution is -2.21. The Balaban J connectivity index is 2.13. The van der Waals surface area contributed by atoms with Crippen molar-refractivity contribution in [2.75, 3.05) is 7.05 Å². The SMILES string of the molecule is CNC(c1ccn(Cc2cncc(F)c2)c1)C(C)C. The molecule has 0 aliphatic carbocycles. The van der Waals surface area contributed by atoms with Gasteiger partial charge in [0.1, 0.15) is 5.82 Å². The molecule has 2 heterocycles.